The van der Waals surface area contributed by atoms with Crippen LogP contribution < -0.4 is 0 Å². The first-order valence-corrected chi connectivity index (χ1v) is 12.3. The van der Waals surface area contributed by atoms with Crippen LogP contribution in [0.3, 0.4) is 0 Å². The zero-order valence-electron chi connectivity index (χ0n) is 19.4. The molecule has 0 N–H and O–H groups in total. The number of nitrogens with zero attached hydrogens (tertiary/aromatic N) is 2. The number of sulfone groups is 1. The molecule has 0 aliphatic carbocycles. The lowest BCUT2D eigenvalue weighted by Crippen LogP contribution is -2.22. The molecule has 1 aromatic heterocycles. The van der Waals surface area contributed by atoms with Crippen molar-refractivity contribution < 1.29 is 34.8 Å². The van der Waals surface area contributed by atoms with Crippen LogP contribution in [0.2, 0.25) is 0 Å². The molecule has 3 aromatic rings. The lowest BCUT2D eigenvalue weighted by Gasteiger charge is -2.19. The highest BCUT2D eigenvalue weighted by atomic mass is 32.2. The molecule has 4 nitrogen and oxygen atoms in total. The number of hydrogen-bond acceptors (Lipinski definition) is 3. The van der Waals surface area contributed by atoms with Crippen LogP contribution in [0.25, 0.3) is 5.69 Å². The van der Waals surface area contributed by atoms with Crippen molar-refractivity contribution in [3.63, 3.8) is 0 Å². The lowest BCUT2D eigenvalue weighted by atomic mass is 10.1. The van der Waals surface area contributed by atoms with E-state index in [4.69, 9.17) is 0 Å². The zero-order valence-corrected chi connectivity index (χ0v) is 20.3. The highest BCUT2D eigenvalue weighted by Gasteiger charge is 2.37. The number of halogens is 6. The van der Waals surface area contributed by atoms with E-state index in [0.29, 0.717) is 23.4 Å². The fraction of sp³-hybridized carbons (Fsp3) is 0.320. The molecule has 11 heteroatoms. The molecule has 0 aliphatic rings. The summed E-state index contributed by atoms with van der Waals surface area (Å²) >= 11 is 0. The monoisotopic (exact) mass is 528 g/mol. The normalized spacial score (nSPS) is 13.6. The second-order valence-corrected chi connectivity index (χ2v) is 10.7. The summed E-state index contributed by atoms with van der Waals surface area (Å²) in [7, 11) is -4.07. The highest BCUT2D eigenvalue weighted by molar-refractivity contribution is 7.92. The Balaban J connectivity index is 2.18. The molecule has 0 saturated heterocycles. The first-order chi connectivity index (χ1) is 16.6. The van der Waals surface area contributed by atoms with Gasteiger partial charge in [-0.05, 0) is 54.8 Å². The molecular formula is C25H22F6N2O2S. The number of alkyl halides is 6. The number of nitriles is 1. The van der Waals surface area contributed by atoms with E-state index in [2.05, 4.69) is 0 Å². The Morgan fingerprint density at radius 3 is 1.89 bits per heavy atom. The third-order valence-corrected chi connectivity index (χ3v) is 7.75. The van der Waals surface area contributed by atoms with Crippen molar-refractivity contribution in [2.75, 3.05) is 0 Å². The van der Waals surface area contributed by atoms with Gasteiger partial charge in [0.25, 0.3) is 0 Å². The summed E-state index contributed by atoms with van der Waals surface area (Å²) in [5.41, 5.74) is -2.32. The molecule has 0 fully saturated rings. The SMILES string of the molecule is Cc1c(CC(C#N)S(=O)(=O)c2ccccc2)cc(C(C)C)n1-c1cc(C(F)(F)F)cc(C(F)(F)F)c1. The Hall–Kier alpha value is -3.26. The summed E-state index contributed by atoms with van der Waals surface area (Å²) < 4.78 is 108. The van der Waals surface area contributed by atoms with E-state index < -0.39 is 38.6 Å². The fourth-order valence-corrected chi connectivity index (χ4v) is 5.33. The second kappa shape index (κ2) is 9.65. The molecule has 192 valence electrons. The van der Waals surface area contributed by atoms with Crippen molar-refractivity contribution in [1.82, 2.24) is 4.57 Å². The van der Waals surface area contributed by atoms with Crippen LogP contribution in [0.4, 0.5) is 26.3 Å². The molecule has 0 radical (unpaired) electrons. The molecule has 1 unspecified atom stereocenters. The maximum atomic E-state index is 13.4. The van der Waals surface area contributed by atoms with Gasteiger partial charge in [-0.1, -0.05) is 32.0 Å². The summed E-state index contributed by atoms with van der Waals surface area (Å²) in [5.74, 6) is -0.340. The van der Waals surface area contributed by atoms with Crippen LogP contribution in [0.15, 0.2) is 59.5 Å². The predicted molar refractivity (Wildman–Crippen MR) is 121 cm³/mol. The van der Waals surface area contributed by atoms with Gasteiger partial charge in [-0.15, -0.1) is 0 Å². The maximum Gasteiger partial charge on any atom is 0.416 e. The standard InChI is InChI=1S/C25H22F6N2O2S/c1-15(2)23-10-17(9-22(14-32)36(34,35)21-7-5-4-6-8-21)16(3)33(23)20-12-18(24(26,27)28)11-19(13-20)25(29,30)31/h4-8,10-13,15,22H,9H2,1-3H3. The van der Waals surface area contributed by atoms with Crippen molar-refractivity contribution in [2.24, 2.45) is 0 Å². The van der Waals surface area contributed by atoms with Crippen LogP contribution in [-0.2, 0) is 28.6 Å². The van der Waals surface area contributed by atoms with E-state index in [-0.39, 0.29) is 34.7 Å². The van der Waals surface area contributed by atoms with Gasteiger partial charge >= 0.3 is 12.4 Å². The van der Waals surface area contributed by atoms with Gasteiger partial charge in [0.05, 0.1) is 22.1 Å². The topological polar surface area (TPSA) is 62.9 Å². The van der Waals surface area contributed by atoms with Crippen LogP contribution in [-0.4, -0.2) is 18.2 Å². The highest BCUT2D eigenvalue weighted by Crippen LogP contribution is 2.39. The molecular weight excluding hydrogens is 506 g/mol. The minimum atomic E-state index is -5.02. The van der Waals surface area contributed by atoms with Gasteiger partial charge in [0.1, 0.15) is 0 Å². The Bertz CT molecular complexity index is 1370. The molecule has 0 saturated carbocycles. The summed E-state index contributed by atoms with van der Waals surface area (Å²) in [5, 5.41) is 8.13. The first kappa shape index (κ1) is 27.3. The predicted octanol–water partition coefficient (Wildman–Crippen LogP) is 6.86. The fourth-order valence-electron chi connectivity index (χ4n) is 3.93. The van der Waals surface area contributed by atoms with Crippen molar-refractivity contribution in [1.29, 1.82) is 5.26 Å². The van der Waals surface area contributed by atoms with Gasteiger partial charge < -0.3 is 4.57 Å². The Morgan fingerprint density at radius 2 is 1.44 bits per heavy atom. The van der Waals surface area contributed by atoms with Crippen molar-refractivity contribution >= 4 is 9.84 Å². The van der Waals surface area contributed by atoms with Gasteiger partial charge in [0.2, 0.25) is 0 Å². The van der Waals surface area contributed by atoms with E-state index in [1.165, 1.54) is 41.8 Å². The van der Waals surface area contributed by atoms with E-state index in [1.54, 1.807) is 26.0 Å². The van der Waals surface area contributed by atoms with Crippen LogP contribution in [0, 0.1) is 18.3 Å². The molecule has 0 spiro atoms. The largest absolute Gasteiger partial charge is 0.416 e. The second-order valence-electron chi connectivity index (χ2n) is 8.61. The molecule has 1 heterocycles. The summed E-state index contributed by atoms with van der Waals surface area (Å²) in [6.45, 7) is 4.88. The average Bonchev–Trinajstić information content (AvgIpc) is 3.12. The van der Waals surface area contributed by atoms with E-state index in [1.807, 2.05) is 0 Å². The molecule has 2 aromatic carbocycles. The quantitative estimate of drug-likeness (QED) is 0.329. The van der Waals surface area contributed by atoms with E-state index in [0.717, 1.165) is 0 Å². The van der Waals surface area contributed by atoms with E-state index >= 15 is 0 Å². The summed E-state index contributed by atoms with van der Waals surface area (Å²) in [6, 6.07) is 11.9. The molecule has 3 rings (SSSR count). The number of benzene rings is 2. The Kier molecular flexibility index (Phi) is 7.33. The zero-order chi connectivity index (χ0) is 27.1. The van der Waals surface area contributed by atoms with Gasteiger partial charge in [0.15, 0.2) is 15.1 Å². The van der Waals surface area contributed by atoms with Crippen LogP contribution >= 0.6 is 0 Å². The minimum Gasteiger partial charge on any atom is -0.318 e. The number of aromatic nitrogens is 1. The van der Waals surface area contributed by atoms with Gasteiger partial charge in [-0.2, -0.15) is 31.6 Å². The van der Waals surface area contributed by atoms with Gasteiger partial charge in [-0.3, -0.25) is 0 Å². The van der Waals surface area contributed by atoms with E-state index in [9.17, 15) is 40.0 Å². The first-order valence-electron chi connectivity index (χ1n) is 10.8. The maximum absolute atomic E-state index is 13.4. The number of hydrogen-bond donors (Lipinski definition) is 0. The van der Waals surface area contributed by atoms with Gasteiger partial charge in [-0.25, -0.2) is 8.42 Å². The molecule has 0 amide bonds. The van der Waals surface area contributed by atoms with Crippen molar-refractivity contribution in [3.8, 4) is 11.8 Å². The molecule has 1 atom stereocenters. The molecule has 0 bridgehead atoms. The minimum absolute atomic E-state index is 0.0520. The van der Waals surface area contributed by atoms with Crippen LogP contribution in [0.1, 0.15) is 47.8 Å². The Labute approximate surface area is 204 Å². The summed E-state index contributed by atoms with van der Waals surface area (Å²) in [6.07, 6.45) is -10.3. The van der Waals surface area contributed by atoms with Crippen molar-refractivity contribution in [3.05, 3.63) is 82.7 Å². The smallest absolute Gasteiger partial charge is 0.318 e. The number of rotatable bonds is 6. The lowest BCUT2D eigenvalue weighted by molar-refractivity contribution is -0.143. The third-order valence-electron chi connectivity index (χ3n) is 5.80. The Morgan fingerprint density at radius 1 is 0.917 bits per heavy atom. The average molecular weight is 529 g/mol. The summed E-state index contributed by atoms with van der Waals surface area (Å²) in [4.78, 5) is -0.0644. The third kappa shape index (κ3) is 5.43. The molecule has 36 heavy (non-hydrogen) atoms. The van der Waals surface area contributed by atoms with Gasteiger partial charge in [0, 0.05) is 23.5 Å². The molecule has 0 aliphatic heterocycles. The van der Waals surface area contributed by atoms with Crippen LogP contribution in [0.5, 0.6) is 0 Å². The van der Waals surface area contributed by atoms with Crippen molar-refractivity contribution in [2.45, 2.75) is 55.6 Å².